The standard InChI is InChI=1S/C17H23NO4/c1-12(2)18(11-14-9-7-6-8-10-14)15(17(20)22-5)13(3)16(19)21-4/h6-10,12,15H,3,11H2,1-2,4-5H3. The van der Waals surface area contributed by atoms with Crippen molar-refractivity contribution in [2.24, 2.45) is 0 Å². The molecule has 5 heteroatoms. The van der Waals surface area contributed by atoms with Gasteiger partial charge in [-0.1, -0.05) is 36.9 Å². The molecule has 0 aromatic heterocycles. The molecule has 0 heterocycles. The van der Waals surface area contributed by atoms with Crippen molar-refractivity contribution in [1.82, 2.24) is 4.90 Å². The van der Waals surface area contributed by atoms with Crippen molar-refractivity contribution in [3.05, 3.63) is 48.0 Å². The second kappa shape index (κ2) is 8.34. The van der Waals surface area contributed by atoms with E-state index < -0.39 is 18.0 Å². The van der Waals surface area contributed by atoms with Crippen LogP contribution in [0, 0.1) is 0 Å². The fraction of sp³-hybridized carbons (Fsp3) is 0.412. The Labute approximate surface area is 131 Å². The molecule has 0 aliphatic carbocycles. The van der Waals surface area contributed by atoms with Gasteiger partial charge in [0.15, 0.2) is 0 Å². The zero-order chi connectivity index (χ0) is 16.7. The summed E-state index contributed by atoms with van der Waals surface area (Å²) in [4.78, 5) is 25.8. The van der Waals surface area contributed by atoms with Gasteiger partial charge < -0.3 is 9.47 Å². The molecule has 120 valence electrons. The summed E-state index contributed by atoms with van der Waals surface area (Å²) in [5.74, 6) is -1.14. The molecule has 0 aliphatic rings. The summed E-state index contributed by atoms with van der Waals surface area (Å²) < 4.78 is 9.54. The predicted octanol–water partition coefficient (Wildman–Crippen LogP) is 2.17. The van der Waals surface area contributed by atoms with Crippen LogP contribution in [-0.2, 0) is 25.6 Å². The van der Waals surface area contributed by atoms with Crippen LogP contribution in [0.15, 0.2) is 42.5 Å². The molecule has 0 spiro atoms. The first kappa shape index (κ1) is 17.9. The Morgan fingerprint density at radius 3 is 2.18 bits per heavy atom. The van der Waals surface area contributed by atoms with Crippen molar-refractivity contribution in [1.29, 1.82) is 0 Å². The molecular formula is C17H23NO4. The Bertz CT molecular complexity index is 525. The van der Waals surface area contributed by atoms with Gasteiger partial charge in [0, 0.05) is 12.6 Å². The maximum absolute atomic E-state index is 12.2. The first-order valence-corrected chi connectivity index (χ1v) is 7.07. The Morgan fingerprint density at radius 2 is 1.73 bits per heavy atom. The van der Waals surface area contributed by atoms with E-state index in [1.54, 1.807) is 0 Å². The van der Waals surface area contributed by atoms with E-state index >= 15 is 0 Å². The summed E-state index contributed by atoms with van der Waals surface area (Å²) in [7, 11) is 2.56. The van der Waals surface area contributed by atoms with Gasteiger partial charge in [0.25, 0.3) is 0 Å². The van der Waals surface area contributed by atoms with Crippen molar-refractivity contribution in [2.45, 2.75) is 32.5 Å². The zero-order valence-corrected chi connectivity index (χ0v) is 13.5. The normalized spacial score (nSPS) is 12.1. The van der Waals surface area contributed by atoms with Crippen LogP contribution in [0.25, 0.3) is 0 Å². The number of ether oxygens (including phenoxy) is 2. The Morgan fingerprint density at radius 1 is 1.14 bits per heavy atom. The van der Waals surface area contributed by atoms with Crippen molar-refractivity contribution < 1.29 is 19.1 Å². The Kier molecular flexibility index (Phi) is 6.79. The highest BCUT2D eigenvalue weighted by atomic mass is 16.5. The second-order valence-electron chi connectivity index (χ2n) is 5.19. The van der Waals surface area contributed by atoms with Gasteiger partial charge in [-0.25, -0.2) is 9.59 Å². The third-order valence-electron chi connectivity index (χ3n) is 3.41. The molecule has 0 bridgehead atoms. The number of carbonyl (C=O) groups excluding carboxylic acids is 2. The summed E-state index contributed by atoms with van der Waals surface area (Å²) in [5.41, 5.74) is 1.10. The van der Waals surface area contributed by atoms with E-state index in [4.69, 9.17) is 9.47 Å². The highest BCUT2D eigenvalue weighted by Gasteiger charge is 2.34. The van der Waals surface area contributed by atoms with Crippen molar-refractivity contribution >= 4 is 11.9 Å². The van der Waals surface area contributed by atoms with E-state index in [2.05, 4.69) is 6.58 Å². The molecule has 0 fully saturated rings. The number of benzene rings is 1. The van der Waals surface area contributed by atoms with E-state index in [0.717, 1.165) is 5.56 Å². The molecule has 0 saturated carbocycles. The maximum Gasteiger partial charge on any atom is 0.335 e. The van der Waals surface area contributed by atoms with Crippen LogP contribution in [0.4, 0.5) is 0 Å². The van der Waals surface area contributed by atoms with Gasteiger partial charge in [-0.05, 0) is 19.4 Å². The monoisotopic (exact) mass is 305 g/mol. The van der Waals surface area contributed by atoms with Crippen LogP contribution in [0.1, 0.15) is 19.4 Å². The second-order valence-corrected chi connectivity index (χ2v) is 5.19. The number of methoxy groups -OCH3 is 2. The van der Waals surface area contributed by atoms with Gasteiger partial charge in [0.2, 0.25) is 0 Å². The average molecular weight is 305 g/mol. The van der Waals surface area contributed by atoms with E-state index in [0.29, 0.717) is 6.54 Å². The van der Waals surface area contributed by atoms with Crippen molar-refractivity contribution in [3.63, 3.8) is 0 Å². The first-order chi connectivity index (χ1) is 10.4. The lowest BCUT2D eigenvalue weighted by Gasteiger charge is -2.33. The summed E-state index contributed by atoms with van der Waals surface area (Å²) in [6.45, 7) is 8.11. The molecule has 1 aromatic rings. The number of rotatable bonds is 7. The highest BCUT2D eigenvalue weighted by molar-refractivity contribution is 5.97. The lowest BCUT2D eigenvalue weighted by atomic mass is 10.0. The molecule has 0 N–H and O–H groups in total. The smallest absolute Gasteiger partial charge is 0.335 e. The fourth-order valence-corrected chi connectivity index (χ4v) is 2.20. The van der Waals surface area contributed by atoms with Crippen molar-refractivity contribution in [2.75, 3.05) is 14.2 Å². The van der Waals surface area contributed by atoms with Gasteiger partial charge in [-0.15, -0.1) is 0 Å². The summed E-state index contributed by atoms with van der Waals surface area (Å²) >= 11 is 0. The SMILES string of the molecule is C=C(C(=O)OC)C(C(=O)OC)N(Cc1ccccc1)C(C)C. The predicted molar refractivity (Wildman–Crippen MR) is 84.1 cm³/mol. The molecule has 1 rings (SSSR count). The number of hydrogen-bond acceptors (Lipinski definition) is 5. The fourth-order valence-electron chi connectivity index (χ4n) is 2.20. The summed E-state index contributed by atoms with van der Waals surface area (Å²) in [5, 5.41) is 0. The molecular weight excluding hydrogens is 282 g/mol. The van der Waals surface area contributed by atoms with Crippen LogP contribution in [0.5, 0.6) is 0 Å². The number of carbonyl (C=O) groups is 2. The lowest BCUT2D eigenvalue weighted by molar-refractivity contribution is -0.149. The highest BCUT2D eigenvalue weighted by Crippen LogP contribution is 2.19. The molecule has 1 unspecified atom stereocenters. The number of nitrogens with zero attached hydrogens (tertiary/aromatic N) is 1. The maximum atomic E-state index is 12.2. The van der Waals surface area contributed by atoms with Gasteiger partial charge in [0.1, 0.15) is 6.04 Å². The van der Waals surface area contributed by atoms with Gasteiger partial charge in [0.05, 0.1) is 19.8 Å². The van der Waals surface area contributed by atoms with E-state index in [-0.39, 0.29) is 11.6 Å². The minimum absolute atomic E-state index is 0.00529. The van der Waals surface area contributed by atoms with E-state index in [9.17, 15) is 9.59 Å². The molecule has 0 saturated heterocycles. The summed E-state index contributed by atoms with van der Waals surface area (Å²) in [6, 6.07) is 8.83. The number of hydrogen-bond donors (Lipinski definition) is 0. The molecule has 0 radical (unpaired) electrons. The van der Waals surface area contributed by atoms with Crippen LogP contribution >= 0.6 is 0 Å². The molecule has 1 aromatic carbocycles. The van der Waals surface area contributed by atoms with Crippen LogP contribution in [0.3, 0.4) is 0 Å². The van der Waals surface area contributed by atoms with E-state index in [1.165, 1.54) is 14.2 Å². The Hall–Kier alpha value is -2.14. The molecule has 0 amide bonds. The first-order valence-electron chi connectivity index (χ1n) is 7.07. The van der Waals surface area contributed by atoms with Gasteiger partial charge in [-0.2, -0.15) is 0 Å². The molecule has 22 heavy (non-hydrogen) atoms. The minimum Gasteiger partial charge on any atom is -0.468 e. The topological polar surface area (TPSA) is 55.8 Å². The zero-order valence-electron chi connectivity index (χ0n) is 13.5. The Balaban J connectivity index is 3.12. The molecule has 1 atom stereocenters. The average Bonchev–Trinajstić information content (AvgIpc) is 2.53. The third kappa shape index (κ3) is 4.43. The molecule has 0 aliphatic heterocycles. The van der Waals surface area contributed by atoms with Gasteiger partial charge in [-0.3, -0.25) is 4.90 Å². The quantitative estimate of drug-likeness (QED) is 0.571. The minimum atomic E-state index is -0.877. The largest absolute Gasteiger partial charge is 0.468 e. The summed E-state index contributed by atoms with van der Waals surface area (Å²) in [6.07, 6.45) is 0. The van der Waals surface area contributed by atoms with Crippen molar-refractivity contribution in [3.8, 4) is 0 Å². The van der Waals surface area contributed by atoms with Crippen LogP contribution in [0.2, 0.25) is 0 Å². The number of esters is 2. The third-order valence-corrected chi connectivity index (χ3v) is 3.41. The molecule has 5 nitrogen and oxygen atoms in total. The van der Waals surface area contributed by atoms with Crippen LogP contribution < -0.4 is 0 Å². The van der Waals surface area contributed by atoms with E-state index in [1.807, 2.05) is 49.1 Å². The lowest BCUT2D eigenvalue weighted by Crippen LogP contribution is -2.47. The van der Waals surface area contributed by atoms with Crippen LogP contribution in [-0.4, -0.2) is 43.1 Å². The van der Waals surface area contributed by atoms with Gasteiger partial charge >= 0.3 is 11.9 Å².